The van der Waals surface area contributed by atoms with Crippen molar-refractivity contribution in [2.24, 2.45) is 0 Å². The van der Waals surface area contributed by atoms with E-state index in [0.717, 1.165) is 0 Å². The number of halogens is 1. The monoisotopic (exact) mass is 306 g/mol. The lowest BCUT2D eigenvalue weighted by Crippen LogP contribution is -2.13. The van der Waals surface area contributed by atoms with E-state index in [9.17, 15) is 9.90 Å². The number of nitrogens with zero attached hydrogens (tertiary/aromatic N) is 1. The Morgan fingerprint density at radius 2 is 2.10 bits per heavy atom. The fourth-order valence-electron chi connectivity index (χ4n) is 1.66. The number of hydrogen-bond donors (Lipinski definition) is 2. The molecule has 0 fully saturated rings. The molecule has 0 radical (unpaired) electrons. The molecule has 1 aromatic carbocycles. The molecular formula is C15H15ClN2O3. The van der Waals surface area contributed by atoms with E-state index < -0.39 is 0 Å². The van der Waals surface area contributed by atoms with Crippen molar-refractivity contribution < 1.29 is 14.6 Å². The van der Waals surface area contributed by atoms with Crippen LogP contribution in [0, 0.1) is 0 Å². The van der Waals surface area contributed by atoms with E-state index in [0.29, 0.717) is 23.8 Å². The SMILES string of the molecule is O=C(CCCOc1ccccc1Cl)Nc1ncccc1O. The first-order valence-corrected chi connectivity index (χ1v) is 6.86. The van der Waals surface area contributed by atoms with Gasteiger partial charge in [-0.3, -0.25) is 4.79 Å². The molecule has 0 atom stereocenters. The van der Waals surface area contributed by atoms with Crippen LogP contribution in [0.5, 0.6) is 11.5 Å². The van der Waals surface area contributed by atoms with E-state index in [1.807, 2.05) is 12.1 Å². The van der Waals surface area contributed by atoms with Gasteiger partial charge in [-0.15, -0.1) is 0 Å². The third-order valence-corrected chi connectivity index (χ3v) is 3.00. The Morgan fingerprint density at radius 1 is 1.29 bits per heavy atom. The zero-order valence-corrected chi connectivity index (χ0v) is 12.0. The number of para-hydroxylation sites is 1. The summed E-state index contributed by atoms with van der Waals surface area (Å²) in [5.41, 5.74) is 0. The Hall–Kier alpha value is -2.27. The minimum Gasteiger partial charge on any atom is -0.504 e. The maximum atomic E-state index is 11.7. The number of ether oxygens (including phenoxy) is 1. The first-order valence-electron chi connectivity index (χ1n) is 6.48. The number of carbonyl (C=O) groups is 1. The van der Waals surface area contributed by atoms with Gasteiger partial charge in [0.2, 0.25) is 5.91 Å². The van der Waals surface area contributed by atoms with Crippen LogP contribution in [0.3, 0.4) is 0 Å². The molecule has 1 aromatic heterocycles. The summed E-state index contributed by atoms with van der Waals surface area (Å²) >= 11 is 5.95. The largest absolute Gasteiger partial charge is 0.504 e. The Kier molecular flexibility index (Phi) is 5.40. The Morgan fingerprint density at radius 3 is 2.86 bits per heavy atom. The maximum Gasteiger partial charge on any atom is 0.225 e. The number of aromatic nitrogens is 1. The van der Waals surface area contributed by atoms with Crippen LogP contribution in [0.25, 0.3) is 0 Å². The van der Waals surface area contributed by atoms with E-state index in [4.69, 9.17) is 16.3 Å². The molecule has 1 heterocycles. The van der Waals surface area contributed by atoms with Crippen molar-refractivity contribution >= 4 is 23.3 Å². The molecule has 0 aliphatic rings. The second-order valence-corrected chi connectivity index (χ2v) is 4.71. The topological polar surface area (TPSA) is 71.5 Å². The third kappa shape index (κ3) is 4.65. The Balaban J connectivity index is 1.73. The van der Waals surface area contributed by atoms with E-state index in [-0.39, 0.29) is 23.9 Å². The third-order valence-electron chi connectivity index (χ3n) is 2.69. The summed E-state index contributed by atoms with van der Waals surface area (Å²) in [6.45, 7) is 0.380. The number of amides is 1. The van der Waals surface area contributed by atoms with Crippen LogP contribution in [0.2, 0.25) is 5.02 Å². The van der Waals surface area contributed by atoms with Crippen molar-refractivity contribution in [1.82, 2.24) is 4.98 Å². The molecule has 2 N–H and O–H groups in total. The van der Waals surface area contributed by atoms with Crippen molar-refractivity contribution in [3.63, 3.8) is 0 Å². The average Bonchev–Trinajstić information content (AvgIpc) is 2.48. The standard InChI is InChI=1S/C15H15ClN2O3/c16-11-5-1-2-7-13(11)21-10-4-8-14(20)18-15-12(19)6-3-9-17-15/h1-3,5-7,9,19H,4,8,10H2,(H,17,18,20). The predicted octanol–water partition coefficient (Wildman–Crippen LogP) is 3.24. The molecule has 0 bridgehead atoms. The first kappa shape index (κ1) is 15.1. The van der Waals surface area contributed by atoms with Gasteiger partial charge in [-0.05, 0) is 30.7 Å². The molecule has 1 amide bonds. The number of carbonyl (C=O) groups excluding carboxylic acids is 1. The lowest BCUT2D eigenvalue weighted by Gasteiger charge is -2.08. The van der Waals surface area contributed by atoms with Gasteiger partial charge in [-0.1, -0.05) is 23.7 Å². The Labute approximate surface area is 127 Å². The highest BCUT2D eigenvalue weighted by molar-refractivity contribution is 6.32. The molecule has 6 heteroatoms. The van der Waals surface area contributed by atoms with Crippen molar-refractivity contribution in [2.75, 3.05) is 11.9 Å². The summed E-state index contributed by atoms with van der Waals surface area (Å²) in [6, 6.07) is 10.2. The van der Waals surface area contributed by atoms with Crippen molar-refractivity contribution in [3.8, 4) is 11.5 Å². The summed E-state index contributed by atoms with van der Waals surface area (Å²) < 4.78 is 5.48. The highest BCUT2D eigenvalue weighted by atomic mass is 35.5. The second-order valence-electron chi connectivity index (χ2n) is 4.30. The van der Waals surface area contributed by atoms with Crippen LogP contribution in [-0.2, 0) is 4.79 Å². The van der Waals surface area contributed by atoms with Gasteiger partial charge in [0.15, 0.2) is 11.6 Å². The summed E-state index contributed by atoms with van der Waals surface area (Å²) in [6.07, 6.45) is 2.29. The predicted molar refractivity (Wildman–Crippen MR) is 80.7 cm³/mol. The van der Waals surface area contributed by atoms with Crippen molar-refractivity contribution in [3.05, 3.63) is 47.6 Å². The van der Waals surface area contributed by atoms with Crippen molar-refractivity contribution in [2.45, 2.75) is 12.8 Å². The summed E-state index contributed by atoms with van der Waals surface area (Å²) in [4.78, 5) is 15.6. The minimum absolute atomic E-state index is 0.0573. The van der Waals surface area contributed by atoms with E-state index >= 15 is 0 Å². The van der Waals surface area contributed by atoms with Gasteiger partial charge in [0, 0.05) is 12.6 Å². The van der Waals surface area contributed by atoms with Crippen LogP contribution in [0.1, 0.15) is 12.8 Å². The highest BCUT2D eigenvalue weighted by Gasteiger charge is 2.07. The molecule has 2 aromatic rings. The summed E-state index contributed by atoms with van der Waals surface area (Å²) in [7, 11) is 0. The van der Waals surface area contributed by atoms with E-state index in [2.05, 4.69) is 10.3 Å². The number of pyridine rings is 1. The highest BCUT2D eigenvalue weighted by Crippen LogP contribution is 2.23. The van der Waals surface area contributed by atoms with Crippen LogP contribution in [0.4, 0.5) is 5.82 Å². The number of anilines is 1. The molecule has 0 aliphatic heterocycles. The van der Waals surface area contributed by atoms with Gasteiger partial charge in [0.1, 0.15) is 5.75 Å². The van der Waals surface area contributed by atoms with E-state index in [1.54, 1.807) is 18.2 Å². The molecule has 0 aliphatic carbocycles. The van der Waals surface area contributed by atoms with Crippen molar-refractivity contribution in [1.29, 1.82) is 0 Å². The number of benzene rings is 1. The fraction of sp³-hybridized carbons (Fsp3) is 0.200. The number of rotatable bonds is 6. The maximum absolute atomic E-state index is 11.7. The number of aromatic hydroxyl groups is 1. The molecule has 0 saturated carbocycles. The first-order chi connectivity index (χ1) is 10.2. The smallest absolute Gasteiger partial charge is 0.225 e. The van der Waals surface area contributed by atoms with Crippen LogP contribution >= 0.6 is 11.6 Å². The molecule has 21 heavy (non-hydrogen) atoms. The summed E-state index contributed by atoms with van der Waals surface area (Å²) in [5.74, 6) is 0.474. The van der Waals surface area contributed by atoms with Crippen LogP contribution < -0.4 is 10.1 Å². The summed E-state index contributed by atoms with van der Waals surface area (Å²) in [5, 5.41) is 12.6. The molecule has 5 nitrogen and oxygen atoms in total. The van der Waals surface area contributed by atoms with Gasteiger partial charge in [-0.25, -0.2) is 4.98 Å². The quantitative estimate of drug-likeness (QED) is 0.804. The van der Waals surface area contributed by atoms with Crippen LogP contribution in [0.15, 0.2) is 42.6 Å². The average molecular weight is 307 g/mol. The molecular weight excluding hydrogens is 292 g/mol. The molecule has 0 spiro atoms. The second kappa shape index (κ2) is 7.50. The van der Waals surface area contributed by atoms with Crippen LogP contribution in [-0.4, -0.2) is 22.6 Å². The lowest BCUT2D eigenvalue weighted by molar-refractivity contribution is -0.116. The molecule has 0 saturated heterocycles. The van der Waals surface area contributed by atoms with Gasteiger partial charge in [0.25, 0.3) is 0 Å². The number of nitrogens with one attached hydrogen (secondary N) is 1. The van der Waals surface area contributed by atoms with E-state index in [1.165, 1.54) is 12.3 Å². The van der Waals surface area contributed by atoms with Gasteiger partial charge < -0.3 is 15.2 Å². The van der Waals surface area contributed by atoms with Gasteiger partial charge in [-0.2, -0.15) is 0 Å². The zero-order valence-electron chi connectivity index (χ0n) is 11.3. The number of hydrogen-bond acceptors (Lipinski definition) is 4. The Bertz CT molecular complexity index is 619. The minimum atomic E-state index is -0.230. The van der Waals surface area contributed by atoms with Gasteiger partial charge >= 0.3 is 0 Å². The zero-order chi connectivity index (χ0) is 15.1. The normalized spacial score (nSPS) is 10.1. The fourth-order valence-corrected chi connectivity index (χ4v) is 1.85. The lowest BCUT2D eigenvalue weighted by atomic mass is 10.3. The molecule has 2 rings (SSSR count). The molecule has 0 unspecified atom stereocenters. The molecule has 110 valence electrons. The van der Waals surface area contributed by atoms with Gasteiger partial charge in [0.05, 0.1) is 11.6 Å².